The second-order valence-electron chi connectivity index (χ2n) is 4.37. The van der Waals surface area contributed by atoms with Gasteiger partial charge in [-0.05, 0) is 43.5 Å². The molecule has 0 aliphatic rings. The fourth-order valence-electron chi connectivity index (χ4n) is 1.97. The maximum atomic E-state index is 11.4. The average molecular weight is 326 g/mol. The molecule has 0 aromatic heterocycles. The van der Waals surface area contributed by atoms with Crippen LogP contribution < -0.4 is 5.32 Å². The lowest BCUT2D eigenvalue weighted by Crippen LogP contribution is -2.08. The predicted octanol–water partition coefficient (Wildman–Crippen LogP) is 3.99. The fraction of sp³-hybridized carbons (Fsp3) is 0.400. The summed E-state index contributed by atoms with van der Waals surface area (Å²) >= 11 is 3.48. The van der Waals surface area contributed by atoms with Crippen LogP contribution in [-0.2, 0) is 9.53 Å². The van der Waals surface area contributed by atoms with Gasteiger partial charge in [0.15, 0.2) is 0 Å². The molecular formula is C15H20BrNO2. The van der Waals surface area contributed by atoms with Crippen LogP contribution in [0.4, 0.5) is 5.69 Å². The number of rotatable bonds is 5. The summed E-state index contributed by atoms with van der Waals surface area (Å²) in [5.41, 5.74) is 4.16. The van der Waals surface area contributed by atoms with Gasteiger partial charge in [0.1, 0.15) is 0 Å². The highest BCUT2D eigenvalue weighted by Gasteiger charge is 2.07. The van der Waals surface area contributed by atoms with E-state index in [1.165, 1.54) is 18.2 Å². The van der Waals surface area contributed by atoms with E-state index in [-0.39, 0.29) is 5.97 Å². The number of halogens is 1. The molecule has 104 valence electrons. The zero-order valence-corrected chi connectivity index (χ0v) is 13.4. The first-order valence-corrected chi connectivity index (χ1v) is 7.06. The Morgan fingerprint density at radius 3 is 2.42 bits per heavy atom. The van der Waals surface area contributed by atoms with Crippen LogP contribution in [0.15, 0.2) is 28.3 Å². The molecular weight excluding hydrogens is 306 g/mol. The number of carbonyl (C=O) groups excluding carboxylic acids is 1. The highest BCUT2D eigenvalue weighted by molar-refractivity contribution is 9.10. The smallest absolute Gasteiger partial charge is 0.333 e. The van der Waals surface area contributed by atoms with Gasteiger partial charge < -0.3 is 10.1 Å². The molecule has 19 heavy (non-hydrogen) atoms. The number of esters is 1. The Morgan fingerprint density at radius 1 is 1.37 bits per heavy atom. The number of hydrogen-bond acceptors (Lipinski definition) is 3. The van der Waals surface area contributed by atoms with Crippen LogP contribution in [0.5, 0.6) is 0 Å². The summed E-state index contributed by atoms with van der Waals surface area (Å²) in [5, 5.41) is 3.35. The van der Waals surface area contributed by atoms with Gasteiger partial charge in [-0.3, -0.25) is 0 Å². The second-order valence-corrected chi connectivity index (χ2v) is 5.29. The summed E-state index contributed by atoms with van der Waals surface area (Å²) in [4.78, 5) is 11.4. The van der Waals surface area contributed by atoms with E-state index in [1.807, 2.05) is 13.0 Å². The third kappa shape index (κ3) is 4.39. The first kappa shape index (κ1) is 15.8. The highest BCUT2D eigenvalue weighted by Crippen LogP contribution is 2.24. The number of hydrogen-bond donors (Lipinski definition) is 1. The minimum Gasteiger partial charge on any atom is -0.466 e. The lowest BCUT2D eigenvalue weighted by atomic mass is 10.1. The first-order chi connectivity index (χ1) is 8.99. The number of benzene rings is 1. The zero-order valence-electron chi connectivity index (χ0n) is 11.8. The van der Waals surface area contributed by atoms with Gasteiger partial charge in [0, 0.05) is 22.3 Å². The van der Waals surface area contributed by atoms with Crippen molar-refractivity contribution < 1.29 is 9.53 Å². The Morgan fingerprint density at radius 2 is 1.95 bits per heavy atom. The largest absolute Gasteiger partial charge is 0.466 e. The summed E-state index contributed by atoms with van der Waals surface area (Å²) in [6.45, 7) is 6.68. The van der Waals surface area contributed by atoms with E-state index in [1.54, 1.807) is 0 Å². The number of ether oxygens (including phenoxy) is 1. The predicted molar refractivity (Wildman–Crippen MR) is 82.5 cm³/mol. The SMILES string of the molecule is CCC(=CCNc1c(C)cc(Br)cc1C)C(=O)OC. The van der Waals surface area contributed by atoms with Gasteiger partial charge in [0.25, 0.3) is 0 Å². The number of methoxy groups -OCH3 is 1. The van der Waals surface area contributed by atoms with Gasteiger partial charge in [-0.25, -0.2) is 4.79 Å². The molecule has 1 rings (SSSR count). The van der Waals surface area contributed by atoms with Crippen molar-refractivity contribution in [1.82, 2.24) is 0 Å². The third-order valence-corrected chi connectivity index (χ3v) is 3.41. The van der Waals surface area contributed by atoms with Crippen LogP contribution >= 0.6 is 15.9 Å². The van der Waals surface area contributed by atoms with Crippen LogP contribution in [0.25, 0.3) is 0 Å². The van der Waals surface area contributed by atoms with Crippen LogP contribution in [0.1, 0.15) is 24.5 Å². The molecule has 1 aromatic rings. The summed E-state index contributed by atoms with van der Waals surface area (Å²) in [6.07, 6.45) is 2.55. The van der Waals surface area contributed by atoms with Crippen molar-refractivity contribution in [3.8, 4) is 0 Å². The highest BCUT2D eigenvalue weighted by atomic mass is 79.9. The number of anilines is 1. The molecule has 0 aliphatic carbocycles. The van der Waals surface area contributed by atoms with Gasteiger partial charge in [0.2, 0.25) is 0 Å². The average Bonchev–Trinajstić information content (AvgIpc) is 2.36. The molecule has 0 bridgehead atoms. The molecule has 0 amide bonds. The van der Waals surface area contributed by atoms with Gasteiger partial charge >= 0.3 is 5.97 Å². The van der Waals surface area contributed by atoms with E-state index in [2.05, 4.69) is 47.2 Å². The standard InChI is InChI=1S/C15H20BrNO2/c1-5-12(15(18)19-4)6-7-17-14-10(2)8-13(16)9-11(14)3/h6,8-9,17H,5,7H2,1-4H3. The van der Waals surface area contributed by atoms with Crippen molar-refractivity contribution >= 4 is 27.6 Å². The molecule has 1 aromatic carbocycles. The van der Waals surface area contributed by atoms with Crippen LogP contribution in [0.2, 0.25) is 0 Å². The van der Waals surface area contributed by atoms with E-state index in [0.717, 1.165) is 10.2 Å². The molecule has 0 saturated heterocycles. The van der Waals surface area contributed by atoms with Gasteiger partial charge in [-0.2, -0.15) is 0 Å². The van der Waals surface area contributed by atoms with Gasteiger partial charge in [0.05, 0.1) is 7.11 Å². The maximum Gasteiger partial charge on any atom is 0.333 e. The van der Waals surface area contributed by atoms with E-state index < -0.39 is 0 Å². The van der Waals surface area contributed by atoms with Gasteiger partial charge in [-0.1, -0.05) is 28.9 Å². The molecule has 0 heterocycles. The molecule has 0 radical (unpaired) electrons. The van der Waals surface area contributed by atoms with E-state index in [9.17, 15) is 4.79 Å². The summed E-state index contributed by atoms with van der Waals surface area (Å²) in [6, 6.07) is 4.14. The van der Waals surface area contributed by atoms with E-state index >= 15 is 0 Å². The van der Waals surface area contributed by atoms with Gasteiger partial charge in [-0.15, -0.1) is 0 Å². The monoisotopic (exact) mass is 325 g/mol. The van der Waals surface area contributed by atoms with Crippen LogP contribution in [0, 0.1) is 13.8 Å². The number of aryl methyl sites for hydroxylation is 2. The molecule has 4 heteroatoms. The lowest BCUT2D eigenvalue weighted by molar-refractivity contribution is -0.136. The molecule has 0 fully saturated rings. The second kappa shape index (κ2) is 7.34. The molecule has 0 unspecified atom stereocenters. The molecule has 0 atom stereocenters. The quantitative estimate of drug-likeness (QED) is 0.657. The van der Waals surface area contributed by atoms with Crippen molar-refractivity contribution in [3.63, 3.8) is 0 Å². The Labute approximate surface area is 123 Å². The topological polar surface area (TPSA) is 38.3 Å². The molecule has 0 spiro atoms. The van der Waals surface area contributed by atoms with E-state index in [4.69, 9.17) is 4.74 Å². The Kier molecular flexibility index (Phi) is 6.09. The lowest BCUT2D eigenvalue weighted by Gasteiger charge is -2.12. The molecule has 3 nitrogen and oxygen atoms in total. The summed E-state index contributed by atoms with van der Waals surface area (Å²) in [5.74, 6) is -0.256. The Hall–Kier alpha value is -1.29. The van der Waals surface area contributed by atoms with Crippen molar-refractivity contribution in [1.29, 1.82) is 0 Å². The molecule has 1 N–H and O–H groups in total. The Balaban J connectivity index is 2.77. The van der Waals surface area contributed by atoms with E-state index in [0.29, 0.717) is 18.5 Å². The minimum atomic E-state index is -0.256. The maximum absolute atomic E-state index is 11.4. The molecule has 0 aliphatic heterocycles. The normalized spacial score (nSPS) is 11.3. The van der Waals surface area contributed by atoms with Crippen molar-refractivity contribution in [2.45, 2.75) is 27.2 Å². The van der Waals surface area contributed by atoms with Crippen LogP contribution in [0.3, 0.4) is 0 Å². The van der Waals surface area contributed by atoms with Crippen molar-refractivity contribution in [2.24, 2.45) is 0 Å². The zero-order chi connectivity index (χ0) is 14.4. The first-order valence-electron chi connectivity index (χ1n) is 6.27. The third-order valence-electron chi connectivity index (χ3n) is 2.95. The number of nitrogens with one attached hydrogen (secondary N) is 1. The summed E-state index contributed by atoms with van der Waals surface area (Å²) < 4.78 is 5.80. The van der Waals surface area contributed by atoms with Crippen molar-refractivity contribution in [2.75, 3.05) is 19.0 Å². The Bertz CT molecular complexity index is 472. The fourth-order valence-corrected chi connectivity index (χ4v) is 2.66. The van der Waals surface area contributed by atoms with Crippen LogP contribution in [-0.4, -0.2) is 19.6 Å². The van der Waals surface area contributed by atoms with Crippen molar-refractivity contribution in [3.05, 3.63) is 39.4 Å². The number of carbonyl (C=O) groups is 1. The minimum absolute atomic E-state index is 0.256. The summed E-state index contributed by atoms with van der Waals surface area (Å²) in [7, 11) is 1.41. The molecule has 0 saturated carbocycles.